The van der Waals surface area contributed by atoms with E-state index in [1.54, 1.807) is 0 Å². The van der Waals surface area contributed by atoms with Crippen molar-refractivity contribution in [1.82, 2.24) is 5.32 Å². The first-order chi connectivity index (χ1) is 7.01. The van der Waals surface area contributed by atoms with Gasteiger partial charge in [0.2, 0.25) is 0 Å². The Labute approximate surface area is 95.0 Å². The third-order valence-corrected chi connectivity index (χ3v) is 4.24. The van der Waals surface area contributed by atoms with Gasteiger partial charge in [0, 0.05) is 18.1 Å². The summed E-state index contributed by atoms with van der Waals surface area (Å²) in [5.74, 6) is 0. The normalized spacial score (nSPS) is 43.4. The molecule has 0 aromatic rings. The van der Waals surface area contributed by atoms with Gasteiger partial charge in [-0.25, -0.2) is 0 Å². The highest BCUT2D eigenvalue weighted by Gasteiger charge is 2.54. The van der Waals surface area contributed by atoms with Crippen LogP contribution in [0.1, 0.15) is 59.8 Å². The van der Waals surface area contributed by atoms with Gasteiger partial charge in [-0.2, -0.15) is 0 Å². The number of hydrogen-bond acceptors (Lipinski definition) is 2. The van der Waals surface area contributed by atoms with Crippen molar-refractivity contribution in [1.29, 1.82) is 0 Å². The molecular formula is C13H28N2. The maximum atomic E-state index is 5.69. The van der Waals surface area contributed by atoms with Crippen LogP contribution in [0.5, 0.6) is 0 Å². The molecule has 0 aromatic heterocycles. The Kier molecular flexibility index (Phi) is 4.19. The van der Waals surface area contributed by atoms with Crippen molar-refractivity contribution in [3.05, 3.63) is 0 Å². The predicted octanol–water partition coefficient (Wildman–Crippen LogP) is 2.67. The highest BCUT2D eigenvalue weighted by Crippen LogP contribution is 2.53. The fraction of sp³-hybridized carbons (Fsp3) is 1.00. The summed E-state index contributed by atoms with van der Waals surface area (Å²) in [4.78, 5) is 0. The fourth-order valence-corrected chi connectivity index (χ4v) is 3.17. The lowest BCUT2D eigenvalue weighted by atomic mass is 9.75. The summed E-state index contributed by atoms with van der Waals surface area (Å²) < 4.78 is 0. The second-order valence-electron chi connectivity index (χ2n) is 5.73. The van der Waals surface area contributed by atoms with Crippen molar-refractivity contribution in [2.45, 2.75) is 71.4 Å². The van der Waals surface area contributed by atoms with E-state index in [2.05, 4.69) is 33.0 Å². The standard InChI is InChI=1S/C10H20N2.C3H8/c1-9-4-3-5-10(9,2)12-8(6-9)7-11;1-3-2/h8,12H,3-7,11H2,1-2H3;3H2,1-2H3/t8?,9-,10-;/m0./s1. The largest absolute Gasteiger partial charge is 0.329 e. The van der Waals surface area contributed by atoms with Crippen molar-refractivity contribution < 1.29 is 0 Å². The number of rotatable bonds is 1. The molecule has 2 rings (SSSR count). The second kappa shape index (κ2) is 4.84. The van der Waals surface area contributed by atoms with Gasteiger partial charge in [0.05, 0.1) is 0 Å². The minimum Gasteiger partial charge on any atom is -0.329 e. The van der Waals surface area contributed by atoms with Crippen LogP contribution in [0.15, 0.2) is 0 Å². The van der Waals surface area contributed by atoms with Gasteiger partial charge < -0.3 is 11.1 Å². The minimum atomic E-state index is 0.386. The molecular weight excluding hydrogens is 184 g/mol. The zero-order valence-electron chi connectivity index (χ0n) is 10.9. The zero-order valence-corrected chi connectivity index (χ0v) is 10.9. The minimum absolute atomic E-state index is 0.386. The van der Waals surface area contributed by atoms with E-state index in [0.29, 0.717) is 17.0 Å². The Balaban J connectivity index is 0.000000337. The zero-order chi connectivity index (χ0) is 11.5. The highest BCUT2D eigenvalue weighted by atomic mass is 15.1. The molecule has 2 heteroatoms. The molecule has 1 aliphatic heterocycles. The van der Waals surface area contributed by atoms with Crippen molar-refractivity contribution in [3.8, 4) is 0 Å². The third-order valence-electron chi connectivity index (χ3n) is 4.24. The molecule has 0 aromatic carbocycles. The Bertz CT molecular complexity index is 187. The monoisotopic (exact) mass is 212 g/mol. The lowest BCUT2D eigenvalue weighted by Gasteiger charge is -2.33. The number of hydrogen-bond donors (Lipinski definition) is 2. The van der Waals surface area contributed by atoms with E-state index in [-0.39, 0.29) is 0 Å². The summed E-state index contributed by atoms with van der Waals surface area (Å²) >= 11 is 0. The fourth-order valence-electron chi connectivity index (χ4n) is 3.17. The molecule has 1 heterocycles. The van der Waals surface area contributed by atoms with Gasteiger partial charge >= 0.3 is 0 Å². The average Bonchev–Trinajstić information content (AvgIpc) is 2.55. The van der Waals surface area contributed by atoms with Crippen molar-refractivity contribution in [3.63, 3.8) is 0 Å². The van der Waals surface area contributed by atoms with Crippen molar-refractivity contribution >= 4 is 0 Å². The van der Waals surface area contributed by atoms with Crippen LogP contribution in [-0.4, -0.2) is 18.1 Å². The Morgan fingerprint density at radius 3 is 2.33 bits per heavy atom. The van der Waals surface area contributed by atoms with Gasteiger partial charge in [-0.15, -0.1) is 0 Å². The van der Waals surface area contributed by atoms with E-state index >= 15 is 0 Å². The quantitative estimate of drug-likeness (QED) is 0.701. The molecule has 90 valence electrons. The topological polar surface area (TPSA) is 38.0 Å². The SMILES string of the molecule is CCC.C[C@@]12CCC[C@]1(C)NC(CN)C2. The molecule has 0 radical (unpaired) electrons. The molecule has 2 fully saturated rings. The lowest BCUT2D eigenvalue weighted by molar-refractivity contribution is 0.224. The molecule has 1 unspecified atom stereocenters. The van der Waals surface area contributed by atoms with Crippen LogP contribution >= 0.6 is 0 Å². The molecule has 1 saturated carbocycles. The van der Waals surface area contributed by atoms with Crippen LogP contribution in [0.4, 0.5) is 0 Å². The Morgan fingerprint density at radius 1 is 1.27 bits per heavy atom. The lowest BCUT2D eigenvalue weighted by Crippen LogP contribution is -2.46. The molecule has 3 atom stereocenters. The maximum absolute atomic E-state index is 5.69. The highest BCUT2D eigenvalue weighted by molar-refractivity contribution is 5.11. The van der Waals surface area contributed by atoms with E-state index in [0.717, 1.165) is 6.54 Å². The van der Waals surface area contributed by atoms with Crippen LogP contribution in [0.25, 0.3) is 0 Å². The first-order valence-corrected chi connectivity index (χ1v) is 6.49. The van der Waals surface area contributed by atoms with E-state index in [4.69, 9.17) is 5.73 Å². The van der Waals surface area contributed by atoms with Gasteiger partial charge in [-0.05, 0) is 31.6 Å². The molecule has 3 N–H and O–H groups in total. The van der Waals surface area contributed by atoms with Crippen LogP contribution in [0.2, 0.25) is 0 Å². The summed E-state index contributed by atoms with van der Waals surface area (Å²) in [6, 6.07) is 0.570. The van der Waals surface area contributed by atoms with E-state index in [9.17, 15) is 0 Å². The number of fused-ring (bicyclic) bond motifs is 1. The summed E-state index contributed by atoms with van der Waals surface area (Å²) in [5, 5.41) is 3.69. The van der Waals surface area contributed by atoms with Gasteiger partial charge in [-0.3, -0.25) is 0 Å². The summed E-state index contributed by atoms with van der Waals surface area (Å²) in [6.45, 7) is 9.84. The van der Waals surface area contributed by atoms with Crippen molar-refractivity contribution in [2.75, 3.05) is 6.54 Å². The van der Waals surface area contributed by atoms with E-state index in [1.165, 1.54) is 32.1 Å². The molecule has 0 spiro atoms. The predicted molar refractivity (Wildman–Crippen MR) is 66.9 cm³/mol. The first-order valence-electron chi connectivity index (χ1n) is 6.49. The molecule has 2 nitrogen and oxygen atoms in total. The summed E-state index contributed by atoms with van der Waals surface area (Å²) in [5.41, 5.74) is 6.60. The van der Waals surface area contributed by atoms with E-state index in [1.807, 2.05) is 0 Å². The first kappa shape index (κ1) is 13.0. The molecule has 15 heavy (non-hydrogen) atoms. The average molecular weight is 212 g/mol. The van der Waals surface area contributed by atoms with Gasteiger partial charge in [0.15, 0.2) is 0 Å². The second-order valence-corrected chi connectivity index (χ2v) is 5.73. The van der Waals surface area contributed by atoms with Crippen LogP contribution in [0, 0.1) is 5.41 Å². The smallest absolute Gasteiger partial charge is 0.0210 e. The molecule has 0 amide bonds. The number of nitrogens with two attached hydrogens (primary N) is 1. The third kappa shape index (κ3) is 2.36. The Morgan fingerprint density at radius 2 is 1.87 bits per heavy atom. The molecule has 1 saturated heterocycles. The molecule has 2 aliphatic rings. The van der Waals surface area contributed by atoms with Crippen LogP contribution < -0.4 is 11.1 Å². The van der Waals surface area contributed by atoms with Gasteiger partial charge in [-0.1, -0.05) is 33.6 Å². The number of nitrogens with one attached hydrogen (secondary N) is 1. The molecule has 1 aliphatic carbocycles. The summed E-state index contributed by atoms with van der Waals surface area (Å²) in [7, 11) is 0. The Hall–Kier alpha value is -0.0800. The molecule has 0 bridgehead atoms. The van der Waals surface area contributed by atoms with Crippen molar-refractivity contribution in [2.24, 2.45) is 11.1 Å². The summed E-state index contributed by atoms with van der Waals surface area (Å²) in [6.07, 6.45) is 6.63. The maximum Gasteiger partial charge on any atom is 0.0210 e. The van der Waals surface area contributed by atoms with Crippen LogP contribution in [0.3, 0.4) is 0 Å². The van der Waals surface area contributed by atoms with Gasteiger partial charge in [0.1, 0.15) is 0 Å². The van der Waals surface area contributed by atoms with Crippen LogP contribution in [-0.2, 0) is 0 Å². The van der Waals surface area contributed by atoms with E-state index < -0.39 is 0 Å². The van der Waals surface area contributed by atoms with Gasteiger partial charge in [0.25, 0.3) is 0 Å².